The molecule has 0 unspecified atom stereocenters. The fourth-order valence-corrected chi connectivity index (χ4v) is 4.34. The van der Waals surface area contributed by atoms with Crippen molar-refractivity contribution in [1.82, 2.24) is 4.57 Å². The van der Waals surface area contributed by atoms with Gasteiger partial charge in [-0.1, -0.05) is 31.0 Å². The Morgan fingerprint density at radius 1 is 1.04 bits per heavy atom. The van der Waals surface area contributed by atoms with E-state index < -0.39 is 17.6 Å². The third kappa shape index (κ3) is 3.41. The van der Waals surface area contributed by atoms with Crippen LogP contribution in [0.25, 0.3) is 22.0 Å². The monoisotopic (exact) mass is 390 g/mol. The Morgan fingerprint density at radius 2 is 1.75 bits per heavy atom. The van der Waals surface area contributed by atoms with Crippen LogP contribution in [0.2, 0.25) is 0 Å². The summed E-state index contributed by atoms with van der Waals surface area (Å²) in [6.45, 7) is 1.04. The van der Waals surface area contributed by atoms with Crippen molar-refractivity contribution >= 4 is 10.9 Å². The van der Waals surface area contributed by atoms with E-state index in [0.29, 0.717) is 11.3 Å². The minimum Gasteiger partial charge on any atom is -0.347 e. The standard InChI is InChI=1S/C22H22F4N2/c23-20-9-17-15(11-27)13-28(12-14-5-1-2-6-14)21(17)10-18(20)16-7-3-4-8-19(16)22(24,25)26/h3-4,7-10,13-14H,1-2,5-6,11-12,27H2. The maximum atomic E-state index is 14.9. The number of hydrogen-bond acceptors (Lipinski definition) is 1. The van der Waals surface area contributed by atoms with Gasteiger partial charge < -0.3 is 10.3 Å². The van der Waals surface area contributed by atoms with Gasteiger partial charge in [0.2, 0.25) is 0 Å². The Balaban J connectivity index is 1.88. The molecule has 1 fully saturated rings. The fourth-order valence-electron chi connectivity index (χ4n) is 4.34. The molecule has 4 rings (SSSR count). The molecular formula is C22H22F4N2. The van der Waals surface area contributed by atoms with Crippen molar-refractivity contribution in [2.24, 2.45) is 11.7 Å². The molecule has 0 atom stereocenters. The summed E-state index contributed by atoms with van der Waals surface area (Å²) in [5.74, 6) is -0.130. The Kier molecular flexibility index (Phi) is 4.91. The predicted molar refractivity (Wildman–Crippen MR) is 102 cm³/mol. The first-order valence-electron chi connectivity index (χ1n) is 9.56. The largest absolute Gasteiger partial charge is 0.417 e. The predicted octanol–water partition coefficient (Wildman–Crippen LogP) is 6.12. The topological polar surface area (TPSA) is 30.9 Å². The van der Waals surface area contributed by atoms with E-state index >= 15 is 0 Å². The molecule has 2 nitrogen and oxygen atoms in total. The highest BCUT2D eigenvalue weighted by molar-refractivity contribution is 5.89. The first-order valence-corrected chi connectivity index (χ1v) is 9.56. The summed E-state index contributed by atoms with van der Waals surface area (Å²) in [5.41, 5.74) is 6.37. The Labute approximate surface area is 161 Å². The molecule has 28 heavy (non-hydrogen) atoms. The Morgan fingerprint density at radius 3 is 2.43 bits per heavy atom. The Bertz CT molecular complexity index is 998. The van der Waals surface area contributed by atoms with Gasteiger partial charge >= 0.3 is 6.18 Å². The van der Waals surface area contributed by atoms with E-state index in [2.05, 4.69) is 0 Å². The summed E-state index contributed by atoms with van der Waals surface area (Å²) in [7, 11) is 0. The van der Waals surface area contributed by atoms with E-state index in [1.54, 1.807) is 6.07 Å². The molecule has 3 aromatic rings. The molecule has 2 aromatic carbocycles. The van der Waals surface area contributed by atoms with Gasteiger partial charge in [0.05, 0.1) is 5.56 Å². The van der Waals surface area contributed by atoms with Crippen molar-refractivity contribution in [2.75, 3.05) is 0 Å². The second-order valence-corrected chi connectivity index (χ2v) is 7.55. The van der Waals surface area contributed by atoms with Crippen LogP contribution in [-0.2, 0) is 19.3 Å². The molecule has 0 aliphatic heterocycles. The van der Waals surface area contributed by atoms with Crippen LogP contribution in [0.4, 0.5) is 17.6 Å². The molecule has 0 amide bonds. The molecule has 0 spiro atoms. The number of halogens is 4. The molecular weight excluding hydrogens is 368 g/mol. The second kappa shape index (κ2) is 7.24. The smallest absolute Gasteiger partial charge is 0.347 e. The zero-order chi connectivity index (χ0) is 19.9. The first kappa shape index (κ1) is 19.0. The minimum absolute atomic E-state index is 0.0326. The number of nitrogens with two attached hydrogens (primary N) is 1. The average Bonchev–Trinajstić information content (AvgIpc) is 3.28. The minimum atomic E-state index is -4.55. The molecule has 148 valence electrons. The molecule has 1 saturated carbocycles. The molecule has 0 bridgehead atoms. The second-order valence-electron chi connectivity index (χ2n) is 7.55. The van der Waals surface area contributed by atoms with Gasteiger partial charge in [0.1, 0.15) is 5.82 Å². The normalized spacial score (nSPS) is 15.6. The highest BCUT2D eigenvalue weighted by Gasteiger charge is 2.34. The number of nitrogens with zero attached hydrogens (tertiary/aromatic N) is 1. The van der Waals surface area contributed by atoms with Gasteiger partial charge in [-0.3, -0.25) is 0 Å². The van der Waals surface area contributed by atoms with Gasteiger partial charge in [-0.25, -0.2) is 4.39 Å². The lowest BCUT2D eigenvalue weighted by atomic mass is 9.97. The summed E-state index contributed by atoms with van der Waals surface area (Å²) >= 11 is 0. The molecule has 1 aliphatic carbocycles. The summed E-state index contributed by atoms with van der Waals surface area (Å²) < 4.78 is 57.3. The van der Waals surface area contributed by atoms with Crippen molar-refractivity contribution in [2.45, 2.75) is 44.9 Å². The quantitative estimate of drug-likeness (QED) is 0.535. The maximum absolute atomic E-state index is 14.9. The van der Waals surface area contributed by atoms with Crippen molar-refractivity contribution in [3.8, 4) is 11.1 Å². The molecule has 2 N–H and O–H groups in total. The van der Waals surface area contributed by atoms with Crippen molar-refractivity contribution < 1.29 is 17.6 Å². The Hall–Kier alpha value is -2.34. The van der Waals surface area contributed by atoms with Crippen LogP contribution in [0.3, 0.4) is 0 Å². The van der Waals surface area contributed by atoms with Gasteiger partial charge in [-0.15, -0.1) is 0 Å². The average molecular weight is 390 g/mol. The van der Waals surface area contributed by atoms with Crippen LogP contribution >= 0.6 is 0 Å². The van der Waals surface area contributed by atoms with Gasteiger partial charge in [-0.05, 0) is 48.1 Å². The number of aromatic nitrogens is 1. The van der Waals surface area contributed by atoms with E-state index in [4.69, 9.17) is 5.73 Å². The van der Waals surface area contributed by atoms with Crippen molar-refractivity contribution in [3.63, 3.8) is 0 Å². The van der Waals surface area contributed by atoms with E-state index in [-0.39, 0.29) is 17.7 Å². The number of benzene rings is 2. The SMILES string of the molecule is NCc1cn(CC2CCCC2)c2cc(-c3ccccc3C(F)(F)F)c(F)cc12. The van der Waals surface area contributed by atoms with E-state index in [9.17, 15) is 17.6 Å². The van der Waals surface area contributed by atoms with Crippen LogP contribution < -0.4 is 5.73 Å². The first-order chi connectivity index (χ1) is 13.4. The van der Waals surface area contributed by atoms with Gasteiger partial charge in [0.25, 0.3) is 0 Å². The van der Waals surface area contributed by atoms with E-state index in [1.807, 2.05) is 10.8 Å². The van der Waals surface area contributed by atoms with Crippen LogP contribution in [-0.4, -0.2) is 4.57 Å². The van der Waals surface area contributed by atoms with Crippen LogP contribution in [0.1, 0.15) is 36.8 Å². The maximum Gasteiger partial charge on any atom is 0.417 e. The number of fused-ring (bicyclic) bond motifs is 1. The summed E-state index contributed by atoms with van der Waals surface area (Å²) in [5, 5.41) is 0.672. The molecule has 0 radical (unpaired) electrons. The van der Waals surface area contributed by atoms with Gasteiger partial charge in [-0.2, -0.15) is 13.2 Å². The zero-order valence-corrected chi connectivity index (χ0v) is 15.4. The zero-order valence-electron chi connectivity index (χ0n) is 15.4. The molecule has 0 saturated heterocycles. The molecule has 1 aliphatic rings. The van der Waals surface area contributed by atoms with Crippen molar-refractivity contribution in [3.05, 3.63) is 59.5 Å². The van der Waals surface area contributed by atoms with E-state index in [0.717, 1.165) is 36.5 Å². The van der Waals surface area contributed by atoms with Gasteiger partial charge in [0, 0.05) is 35.8 Å². The number of alkyl halides is 3. The fraction of sp³-hybridized carbons (Fsp3) is 0.364. The molecule has 1 heterocycles. The lowest BCUT2D eigenvalue weighted by Crippen LogP contribution is -2.08. The van der Waals surface area contributed by atoms with Crippen molar-refractivity contribution in [1.29, 1.82) is 0 Å². The summed E-state index contributed by atoms with van der Waals surface area (Å²) in [6.07, 6.45) is 2.05. The van der Waals surface area contributed by atoms with Crippen LogP contribution in [0.5, 0.6) is 0 Å². The third-order valence-electron chi connectivity index (χ3n) is 5.72. The number of rotatable bonds is 4. The third-order valence-corrected chi connectivity index (χ3v) is 5.72. The molecule has 6 heteroatoms. The molecule has 1 aromatic heterocycles. The van der Waals surface area contributed by atoms with E-state index in [1.165, 1.54) is 37.1 Å². The van der Waals surface area contributed by atoms with Crippen LogP contribution in [0.15, 0.2) is 42.6 Å². The highest BCUT2D eigenvalue weighted by Crippen LogP contribution is 2.39. The summed E-state index contributed by atoms with van der Waals surface area (Å²) in [6, 6.07) is 7.99. The van der Waals surface area contributed by atoms with Crippen LogP contribution in [0, 0.1) is 11.7 Å². The highest BCUT2D eigenvalue weighted by atomic mass is 19.4. The van der Waals surface area contributed by atoms with Gasteiger partial charge in [0.15, 0.2) is 0 Å². The lowest BCUT2D eigenvalue weighted by Gasteiger charge is -2.15. The summed E-state index contributed by atoms with van der Waals surface area (Å²) in [4.78, 5) is 0. The lowest BCUT2D eigenvalue weighted by molar-refractivity contribution is -0.137. The number of hydrogen-bond donors (Lipinski definition) is 1.